The maximum absolute atomic E-state index is 13.3. The minimum absolute atomic E-state index is 0.0373. The molecular weight excluding hydrogens is 354 g/mol. The molecule has 136 valence electrons. The molecule has 0 aliphatic carbocycles. The first-order valence-electron chi connectivity index (χ1n) is 8.31. The number of nitrogens with zero attached hydrogens (tertiary/aromatic N) is 6. The molecule has 3 aromatic rings. The van der Waals surface area contributed by atoms with Crippen LogP contribution in [-0.2, 0) is 0 Å². The van der Waals surface area contributed by atoms with Crippen molar-refractivity contribution < 1.29 is 13.6 Å². The summed E-state index contributed by atoms with van der Waals surface area (Å²) in [6.07, 6.45) is 5.63. The van der Waals surface area contributed by atoms with E-state index in [1.165, 1.54) is 23.5 Å². The number of fused-ring (bicyclic) bond motifs is 1. The van der Waals surface area contributed by atoms with Gasteiger partial charge in [-0.25, -0.2) is 13.8 Å². The van der Waals surface area contributed by atoms with E-state index in [1.54, 1.807) is 22.9 Å². The van der Waals surface area contributed by atoms with Crippen LogP contribution in [0.15, 0.2) is 36.9 Å². The molecule has 1 saturated heterocycles. The molecule has 0 saturated carbocycles. The van der Waals surface area contributed by atoms with E-state index in [2.05, 4.69) is 19.8 Å². The predicted octanol–water partition coefficient (Wildman–Crippen LogP) is 3.24. The summed E-state index contributed by atoms with van der Waals surface area (Å²) < 4.78 is 28.3. The summed E-state index contributed by atoms with van der Waals surface area (Å²) in [7, 11) is 0. The first kappa shape index (κ1) is 17.0. The SMILES string of the molecule is [C-]#[N+]c1ncc(-n2ccc3cc(C(=O)N4CCC(F)(F)CC4)cnc32)cn1. The normalized spacial score (nSPS) is 16.3. The zero-order valence-electron chi connectivity index (χ0n) is 14.1. The van der Waals surface area contributed by atoms with Crippen molar-refractivity contribution in [2.24, 2.45) is 0 Å². The Labute approximate surface area is 153 Å². The van der Waals surface area contributed by atoms with Gasteiger partial charge in [-0.15, -0.1) is 6.57 Å². The van der Waals surface area contributed by atoms with Gasteiger partial charge < -0.3 is 9.74 Å². The number of piperidine rings is 1. The highest BCUT2D eigenvalue weighted by Crippen LogP contribution is 2.28. The number of carbonyl (C=O) groups excluding carboxylic acids is 1. The van der Waals surface area contributed by atoms with Crippen molar-refractivity contribution in [3.63, 3.8) is 0 Å². The van der Waals surface area contributed by atoms with E-state index >= 15 is 0 Å². The second-order valence-electron chi connectivity index (χ2n) is 6.32. The summed E-state index contributed by atoms with van der Waals surface area (Å²) in [5, 5.41) is 0.734. The molecule has 7 nitrogen and oxygen atoms in total. The van der Waals surface area contributed by atoms with Gasteiger partial charge in [0.15, 0.2) is 0 Å². The second-order valence-corrected chi connectivity index (χ2v) is 6.32. The standard InChI is InChI=1S/C18H14F2N6O/c1-21-17-23-10-14(11-24-17)26-5-2-12-8-13(9-22-15(12)26)16(27)25-6-3-18(19,20)4-7-25/h2,5,8-11H,3-4,6-7H2. The van der Waals surface area contributed by atoms with Gasteiger partial charge in [-0.05, 0) is 12.1 Å². The maximum atomic E-state index is 13.3. The number of pyridine rings is 1. The van der Waals surface area contributed by atoms with Gasteiger partial charge in [-0.1, -0.05) is 0 Å². The number of halogens is 2. The molecule has 1 aliphatic heterocycles. The number of hydrogen-bond acceptors (Lipinski definition) is 4. The monoisotopic (exact) mass is 368 g/mol. The van der Waals surface area contributed by atoms with Crippen LogP contribution in [0.4, 0.5) is 14.7 Å². The number of likely N-dealkylation sites (tertiary alicyclic amines) is 1. The van der Waals surface area contributed by atoms with Gasteiger partial charge in [0.2, 0.25) is 0 Å². The Morgan fingerprint density at radius 3 is 2.52 bits per heavy atom. The van der Waals surface area contributed by atoms with Crippen molar-refractivity contribution in [3.8, 4) is 5.69 Å². The highest BCUT2D eigenvalue weighted by Gasteiger charge is 2.35. The quantitative estimate of drug-likeness (QED) is 0.651. The molecule has 4 rings (SSSR count). The van der Waals surface area contributed by atoms with Crippen molar-refractivity contribution in [1.82, 2.24) is 24.4 Å². The molecule has 9 heteroatoms. The van der Waals surface area contributed by atoms with Crippen molar-refractivity contribution in [3.05, 3.63) is 53.9 Å². The van der Waals surface area contributed by atoms with Crippen LogP contribution in [-0.4, -0.2) is 49.3 Å². The first-order valence-corrected chi connectivity index (χ1v) is 8.31. The lowest BCUT2D eigenvalue weighted by Crippen LogP contribution is -2.42. The van der Waals surface area contributed by atoms with Gasteiger partial charge >= 0.3 is 5.95 Å². The third-order valence-electron chi connectivity index (χ3n) is 4.56. The fraction of sp³-hybridized carbons (Fsp3) is 0.278. The zero-order valence-corrected chi connectivity index (χ0v) is 14.1. The first-order chi connectivity index (χ1) is 13.0. The molecule has 0 unspecified atom stereocenters. The number of hydrogen-bond donors (Lipinski definition) is 0. The van der Waals surface area contributed by atoms with Gasteiger partial charge in [-0.2, -0.15) is 9.97 Å². The zero-order chi connectivity index (χ0) is 19.0. The molecule has 0 spiro atoms. The van der Waals surface area contributed by atoms with E-state index in [0.717, 1.165) is 5.39 Å². The van der Waals surface area contributed by atoms with E-state index in [9.17, 15) is 13.6 Å². The average Bonchev–Trinajstić information content (AvgIpc) is 3.10. The fourth-order valence-electron chi connectivity index (χ4n) is 3.07. The summed E-state index contributed by atoms with van der Waals surface area (Å²) in [4.78, 5) is 29.4. The lowest BCUT2D eigenvalue weighted by molar-refractivity contribution is -0.0494. The van der Waals surface area contributed by atoms with Crippen molar-refractivity contribution >= 4 is 22.9 Å². The summed E-state index contributed by atoms with van der Waals surface area (Å²) in [6.45, 7) is 6.97. The second kappa shape index (κ2) is 6.39. The molecule has 27 heavy (non-hydrogen) atoms. The molecular formula is C18H14F2N6O. The highest BCUT2D eigenvalue weighted by atomic mass is 19.3. The Balaban J connectivity index is 1.60. The number of aromatic nitrogens is 4. The summed E-state index contributed by atoms with van der Waals surface area (Å²) in [6, 6.07) is 3.49. The van der Waals surface area contributed by atoms with Crippen LogP contribution < -0.4 is 0 Å². The smallest absolute Gasteiger partial charge is 0.371 e. The minimum Gasteiger partial charge on any atom is -0.394 e. The average molecular weight is 368 g/mol. The van der Waals surface area contributed by atoms with E-state index in [-0.39, 0.29) is 37.8 Å². The van der Waals surface area contributed by atoms with E-state index in [1.807, 2.05) is 0 Å². The molecule has 0 atom stereocenters. The van der Waals surface area contributed by atoms with Crippen LogP contribution >= 0.6 is 0 Å². The lowest BCUT2D eigenvalue weighted by atomic mass is 10.1. The fourth-order valence-corrected chi connectivity index (χ4v) is 3.07. The Morgan fingerprint density at radius 1 is 1.15 bits per heavy atom. The number of alkyl halides is 2. The van der Waals surface area contributed by atoms with Gasteiger partial charge in [0.1, 0.15) is 23.7 Å². The molecule has 3 aromatic heterocycles. The van der Waals surface area contributed by atoms with Crippen LogP contribution in [0.2, 0.25) is 0 Å². The van der Waals surface area contributed by atoms with Gasteiger partial charge in [0.25, 0.3) is 11.8 Å². The third kappa shape index (κ3) is 3.21. The molecule has 1 fully saturated rings. The van der Waals surface area contributed by atoms with Crippen molar-refractivity contribution in [2.75, 3.05) is 13.1 Å². The Hall–Kier alpha value is -3.41. The van der Waals surface area contributed by atoms with Crippen LogP contribution in [0, 0.1) is 6.57 Å². The largest absolute Gasteiger partial charge is 0.394 e. The summed E-state index contributed by atoms with van der Waals surface area (Å²) in [5.41, 5.74) is 1.61. The van der Waals surface area contributed by atoms with Crippen LogP contribution in [0.5, 0.6) is 0 Å². The van der Waals surface area contributed by atoms with E-state index in [4.69, 9.17) is 6.57 Å². The Bertz CT molecular complexity index is 1040. The molecule has 0 N–H and O–H groups in total. The number of amides is 1. The van der Waals surface area contributed by atoms with Crippen LogP contribution in [0.25, 0.3) is 21.6 Å². The molecule has 0 bridgehead atoms. The van der Waals surface area contributed by atoms with Crippen molar-refractivity contribution in [2.45, 2.75) is 18.8 Å². The van der Waals surface area contributed by atoms with Gasteiger partial charge in [0.05, 0.1) is 5.56 Å². The summed E-state index contributed by atoms with van der Waals surface area (Å²) >= 11 is 0. The van der Waals surface area contributed by atoms with Crippen LogP contribution in [0.1, 0.15) is 23.2 Å². The predicted molar refractivity (Wildman–Crippen MR) is 93.0 cm³/mol. The van der Waals surface area contributed by atoms with E-state index < -0.39 is 5.92 Å². The van der Waals surface area contributed by atoms with E-state index in [0.29, 0.717) is 16.9 Å². The molecule has 0 radical (unpaired) electrons. The Kier molecular flexibility index (Phi) is 4.03. The van der Waals surface area contributed by atoms with Gasteiger partial charge in [0, 0.05) is 43.7 Å². The molecule has 4 heterocycles. The molecule has 1 aliphatic rings. The minimum atomic E-state index is -2.69. The van der Waals surface area contributed by atoms with Crippen LogP contribution in [0.3, 0.4) is 0 Å². The number of carbonyl (C=O) groups is 1. The number of rotatable bonds is 2. The third-order valence-corrected chi connectivity index (χ3v) is 4.56. The summed E-state index contributed by atoms with van der Waals surface area (Å²) in [5.74, 6) is -2.93. The molecule has 0 aromatic carbocycles. The Morgan fingerprint density at radius 2 is 1.85 bits per heavy atom. The molecule has 1 amide bonds. The highest BCUT2D eigenvalue weighted by molar-refractivity contribution is 5.97. The van der Waals surface area contributed by atoms with Gasteiger partial charge in [-0.3, -0.25) is 9.36 Å². The maximum Gasteiger partial charge on any atom is 0.371 e. The topological polar surface area (TPSA) is 68.3 Å². The lowest BCUT2D eigenvalue weighted by Gasteiger charge is -2.31. The van der Waals surface area contributed by atoms with Crippen molar-refractivity contribution in [1.29, 1.82) is 0 Å².